The van der Waals surface area contributed by atoms with Gasteiger partial charge >= 0.3 is 6.09 Å². The third-order valence-electron chi connectivity index (χ3n) is 3.55. The molecule has 5 nitrogen and oxygen atoms in total. The molecule has 3 heterocycles. The molecule has 0 radical (unpaired) electrons. The maximum atomic E-state index is 11.8. The highest BCUT2D eigenvalue weighted by Crippen LogP contribution is 2.35. The van der Waals surface area contributed by atoms with Crippen LogP contribution in [0.3, 0.4) is 0 Å². The van der Waals surface area contributed by atoms with Gasteiger partial charge in [0.05, 0.1) is 6.54 Å². The molecule has 3 aromatic rings. The zero-order valence-corrected chi connectivity index (χ0v) is 15.8. The van der Waals surface area contributed by atoms with Crippen LogP contribution in [0.2, 0.25) is 0 Å². The van der Waals surface area contributed by atoms with E-state index in [0.717, 1.165) is 26.4 Å². The van der Waals surface area contributed by atoms with Gasteiger partial charge in [0.1, 0.15) is 5.60 Å². The van der Waals surface area contributed by atoms with E-state index in [-0.39, 0.29) is 0 Å². The Morgan fingerprint density at radius 3 is 2.50 bits per heavy atom. The second-order valence-corrected chi connectivity index (χ2v) is 7.95. The molecule has 0 fully saturated rings. The van der Waals surface area contributed by atoms with Gasteiger partial charge in [0.2, 0.25) is 0 Å². The summed E-state index contributed by atoms with van der Waals surface area (Å²) in [5, 5.41) is 2.79. The van der Waals surface area contributed by atoms with Crippen molar-refractivity contribution in [3.8, 4) is 21.6 Å². The molecule has 1 amide bonds. The first-order valence-corrected chi connectivity index (χ1v) is 9.14. The number of nitrogens with one attached hydrogen (secondary N) is 1. The van der Waals surface area contributed by atoms with Crippen molar-refractivity contribution >= 4 is 17.4 Å². The van der Waals surface area contributed by atoms with Crippen molar-refractivity contribution in [2.24, 2.45) is 0 Å². The summed E-state index contributed by atoms with van der Waals surface area (Å²) in [6, 6.07) is 10.0. The lowest BCUT2D eigenvalue weighted by Gasteiger charge is -2.19. The Morgan fingerprint density at radius 1 is 1.04 bits per heavy atom. The minimum Gasteiger partial charge on any atom is -0.444 e. The van der Waals surface area contributed by atoms with E-state index in [1.54, 1.807) is 29.9 Å². The van der Waals surface area contributed by atoms with E-state index in [2.05, 4.69) is 21.4 Å². The number of carbonyl (C=O) groups is 1. The number of nitrogens with zero attached hydrogens (tertiary/aromatic N) is 2. The van der Waals surface area contributed by atoms with Gasteiger partial charge < -0.3 is 10.1 Å². The van der Waals surface area contributed by atoms with E-state index >= 15 is 0 Å². The molecule has 0 aliphatic heterocycles. The van der Waals surface area contributed by atoms with Crippen LogP contribution >= 0.6 is 11.3 Å². The molecule has 0 aliphatic carbocycles. The number of carbonyl (C=O) groups excluding carboxylic acids is 1. The van der Waals surface area contributed by atoms with Crippen LogP contribution in [0.4, 0.5) is 4.79 Å². The summed E-state index contributed by atoms with van der Waals surface area (Å²) in [6.07, 6.45) is 6.81. The highest BCUT2D eigenvalue weighted by Gasteiger charge is 2.16. The van der Waals surface area contributed by atoms with Crippen LogP contribution in [0.1, 0.15) is 25.6 Å². The SMILES string of the molecule is CC(C)(C)OC(=O)NCc1ccc(-c2cnccc2-c2ccncc2)s1. The predicted octanol–water partition coefficient (Wildman–Crippen LogP) is 4.90. The van der Waals surface area contributed by atoms with Crippen molar-refractivity contribution in [3.63, 3.8) is 0 Å². The number of ether oxygens (including phenoxy) is 1. The van der Waals surface area contributed by atoms with E-state index in [9.17, 15) is 4.79 Å². The molecular formula is C20H21N3O2S. The van der Waals surface area contributed by atoms with Gasteiger partial charge in [0.15, 0.2) is 0 Å². The van der Waals surface area contributed by atoms with Crippen molar-refractivity contribution < 1.29 is 9.53 Å². The first-order valence-electron chi connectivity index (χ1n) is 8.33. The van der Waals surface area contributed by atoms with Crippen LogP contribution in [0.15, 0.2) is 55.1 Å². The van der Waals surface area contributed by atoms with E-state index in [4.69, 9.17) is 4.74 Å². The Morgan fingerprint density at radius 2 is 1.77 bits per heavy atom. The fraction of sp³-hybridized carbons (Fsp3) is 0.250. The van der Waals surface area contributed by atoms with Crippen molar-refractivity contribution in [2.45, 2.75) is 32.9 Å². The molecular weight excluding hydrogens is 346 g/mol. The number of pyridine rings is 2. The Bertz CT molecular complexity index is 885. The Balaban J connectivity index is 1.76. The molecule has 134 valence electrons. The lowest BCUT2D eigenvalue weighted by molar-refractivity contribution is 0.0524. The Kier molecular flexibility index (Phi) is 5.32. The number of hydrogen-bond acceptors (Lipinski definition) is 5. The fourth-order valence-corrected chi connectivity index (χ4v) is 3.44. The third kappa shape index (κ3) is 4.67. The molecule has 0 spiro atoms. The van der Waals surface area contributed by atoms with Crippen LogP contribution in [0.5, 0.6) is 0 Å². The highest BCUT2D eigenvalue weighted by molar-refractivity contribution is 7.15. The summed E-state index contributed by atoms with van der Waals surface area (Å²) < 4.78 is 5.27. The maximum Gasteiger partial charge on any atom is 0.407 e. The van der Waals surface area contributed by atoms with Crippen LogP contribution in [-0.4, -0.2) is 21.7 Å². The minimum atomic E-state index is -0.500. The predicted molar refractivity (Wildman–Crippen MR) is 104 cm³/mol. The van der Waals surface area contributed by atoms with Crippen molar-refractivity contribution in [2.75, 3.05) is 0 Å². The zero-order chi connectivity index (χ0) is 18.6. The maximum absolute atomic E-state index is 11.8. The van der Waals surface area contributed by atoms with Crippen LogP contribution in [0.25, 0.3) is 21.6 Å². The molecule has 0 unspecified atom stereocenters. The second kappa shape index (κ2) is 7.66. The second-order valence-electron chi connectivity index (χ2n) is 6.78. The first-order chi connectivity index (χ1) is 12.4. The van der Waals surface area contributed by atoms with E-state index in [1.807, 2.05) is 51.2 Å². The number of hydrogen-bond donors (Lipinski definition) is 1. The van der Waals surface area contributed by atoms with Gasteiger partial charge in [-0.3, -0.25) is 9.97 Å². The lowest BCUT2D eigenvalue weighted by atomic mass is 10.0. The van der Waals surface area contributed by atoms with Gasteiger partial charge in [-0.2, -0.15) is 0 Å². The van der Waals surface area contributed by atoms with Gasteiger partial charge in [-0.1, -0.05) is 0 Å². The van der Waals surface area contributed by atoms with Gasteiger partial charge in [0, 0.05) is 40.1 Å². The first kappa shape index (κ1) is 18.1. The molecule has 0 bridgehead atoms. The monoisotopic (exact) mass is 367 g/mol. The summed E-state index contributed by atoms with van der Waals surface area (Å²) in [5.74, 6) is 0. The number of alkyl carbamates (subject to hydrolysis) is 1. The third-order valence-corrected chi connectivity index (χ3v) is 4.66. The molecule has 0 aromatic carbocycles. The summed E-state index contributed by atoms with van der Waals surface area (Å²) in [5.41, 5.74) is 2.77. The highest BCUT2D eigenvalue weighted by atomic mass is 32.1. The molecule has 0 saturated carbocycles. The van der Waals surface area contributed by atoms with Gasteiger partial charge in [0.25, 0.3) is 0 Å². The van der Waals surface area contributed by atoms with E-state index < -0.39 is 11.7 Å². The molecule has 26 heavy (non-hydrogen) atoms. The summed E-state index contributed by atoms with van der Waals surface area (Å²) in [7, 11) is 0. The molecule has 0 atom stereocenters. The average Bonchev–Trinajstić information content (AvgIpc) is 3.08. The van der Waals surface area contributed by atoms with E-state index in [0.29, 0.717) is 6.54 Å². The summed E-state index contributed by atoms with van der Waals surface area (Å²) in [4.78, 5) is 22.3. The van der Waals surface area contributed by atoms with Crippen molar-refractivity contribution in [1.82, 2.24) is 15.3 Å². The minimum absolute atomic E-state index is 0.411. The molecule has 0 aliphatic rings. The molecule has 3 rings (SSSR count). The van der Waals surface area contributed by atoms with Crippen LogP contribution < -0.4 is 5.32 Å². The largest absolute Gasteiger partial charge is 0.444 e. The summed E-state index contributed by atoms with van der Waals surface area (Å²) >= 11 is 1.63. The molecule has 6 heteroatoms. The topological polar surface area (TPSA) is 64.1 Å². The van der Waals surface area contributed by atoms with Crippen molar-refractivity contribution in [1.29, 1.82) is 0 Å². The number of rotatable bonds is 4. The summed E-state index contributed by atoms with van der Waals surface area (Å²) in [6.45, 7) is 5.97. The quantitative estimate of drug-likeness (QED) is 0.712. The Hall–Kier alpha value is -2.73. The van der Waals surface area contributed by atoms with E-state index in [1.165, 1.54) is 0 Å². The smallest absolute Gasteiger partial charge is 0.407 e. The number of amides is 1. The van der Waals surface area contributed by atoms with Gasteiger partial charge in [-0.25, -0.2) is 4.79 Å². The van der Waals surface area contributed by atoms with Crippen LogP contribution in [0, 0.1) is 0 Å². The lowest BCUT2D eigenvalue weighted by Crippen LogP contribution is -2.31. The van der Waals surface area contributed by atoms with Crippen molar-refractivity contribution in [3.05, 3.63) is 60.0 Å². The molecule has 1 N–H and O–H groups in total. The molecule has 3 aromatic heterocycles. The van der Waals surface area contributed by atoms with Crippen LogP contribution in [-0.2, 0) is 11.3 Å². The Labute approximate surface area is 157 Å². The number of thiophene rings is 1. The standard InChI is InChI=1S/C20H21N3O2S/c1-20(2,3)25-19(24)23-12-15-4-5-18(26-15)17-13-22-11-8-16(17)14-6-9-21-10-7-14/h4-11,13H,12H2,1-3H3,(H,23,24). The average molecular weight is 367 g/mol. The van der Waals surface area contributed by atoms with Gasteiger partial charge in [-0.05, 0) is 62.2 Å². The fourth-order valence-electron chi connectivity index (χ4n) is 2.47. The molecule has 0 saturated heterocycles. The zero-order valence-electron chi connectivity index (χ0n) is 15.0. The number of aromatic nitrogens is 2. The van der Waals surface area contributed by atoms with Gasteiger partial charge in [-0.15, -0.1) is 11.3 Å². The normalized spacial score (nSPS) is 11.2.